The quantitative estimate of drug-likeness (QED) is 0.0533. The molecule has 0 fully saturated rings. The van der Waals surface area contributed by atoms with E-state index in [1.165, 1.54) is 0 Å². The van der Waals surface area contributed by atoms with Crippen molar-refractivity contribution in [2.75, 3.05) is 159 Å². The molecule has 0 aliphatic rings. The smallest absolute Gasteiger partial charge is 0.466 e. The van der Waals surface area contributed by atoms with Gasteiger partial charge in [-0.05, 0) is 55.1 Å². The summed E-state index contributed by atoms with van der Waals surface area (Å²) in [6, 6.07) is 1.26. The van der Waals surface area contributed by atoms with Crippen LogP contribution < -0.4 is 0 Å². The predicted molar refractivity (Wildman–Crippen MR) is 214 cm³/mol. The van der Waals surface area contributed by atoms with Crippen LogP contribution in [-0.2, 0) is 63.5 Å². The molecule has 0 aliphatic carbocycles. The molecule has 0 spiro atoms. The van der Waals surface area contributed by atoms with Crippen molar-refractivity contribution in [2.24, 2.45) is 0 Å². The Labute approximate surface area is 342 Å². The van der Waals surface area contributed by atoms with Gasteiger partial charge in [0.15, 0.2) is 0 Å². The van der Waals surface area contributed by atoms with E-state index in [0.29, 0.717) is 64.1 Å². The molecule has 0 amide bonds. The second-order valence-corrected chi connectivity index (χ2v) is 17.6. The van der Waals surface area contributed by atoms with Gasteiger partial charge in [-0.2, -0.15) is 0 Å². The lowest BCUT2D eigenvalue weighted by atomic mass is 10.4. The number of esters is 2. The van der Waals surface area contributed by atoms with E-state index in [4.69, 9.17) is 69.2 Å². The summed E-state index contributed by atoms with van der Waals surface area (Å²) in [5, 5.41) is 21.0. The highest BCUT2D eigenvalue weighted by molar-refractivity contribution is 6.60. The molecule has 21 nitrogen and oxygen atoms in total. The summed E-state index contributed by atoms with van der Waals surface area (Å²) in [4.78, 5) is 31.8. The van der Waals surface area contributed by atoms with Gasteiger partial charge in [0, 0.05) is 115 Å². The molecule has 0 rings (SSSR count). The van der Waals surface area contributed by atoms with Gasteiger partial charge in [-0.3, -0.25) is 27.4 Å². The number of nitrogens with zero attached hydrogens (tertiary/aromatic N) is 4. The van der Waals surface area contributed by atoms with Crippen LogP contribution in [0.4, 0.5) is 0 Å². The van der Waals surface area contributed by atoms with Gasteiger partial charge < -0.3 is 70.9 Å². The van der Waals surface area contributed by atoms with Crippen molar-refractivity contribution < 1.29 is 78.8 Å². The Morgan fingerprint density at radius 2 is 0.696 bits per heavy atom. The minimum Gasteiger partial charge on any atom is -0.466 e. The Morgan fingerprint density at radius 1 is 0.464 bits per heavy atom. The van der Waals surface area contributed by atoms with Crippen molar-refractivity contribution in [1.82, 2.24) is 19.6 Å². The number of carbonyl (C=O) groups is 2. The summed E-state index contributed by atoms with van der Waals surface area (Å²) in [6.07, 6.45) is 2.16. The Balaban J connectivity index is -0.000000134. The minimum atomic E-state index is -2.55. The van der Waals surface area contributed by atoms with Crippen molar-refractivity contribution in [2.45, 2.75) is 37.8 Å². The van der Waals surface area contributed by atoms with Gasteiger partial charge in [0.1, 0.15) is 0 Å². The molecule has 0 radical (unpaired) electrons. The van der Waals surface area contributed by atoms with Crippen LogP contribution in [0.2, 0.25) is 12.1 Å². The van der Waals surface area contributed by atoms with Crippen molar-refractivity contribution in [1.29, 1.82) is 0 Å². The Hall–Kier alpha value is -1.51. The average Bonchev–Trinajstić information content (AvgIpc) is 3.21. The maximum atomic E-state index is 11.7. The van der Waals surface area contributed by atoms with E-state index in [1.54, 1.807) is 42.7 Å². The highest BCUT2D eigenvalue weighted by atomic mass is 28.4. The molecular formula is C31H76N4O17Si4. The van der Waals surface area contributed by atoms with Gasteiger partial charge in [-0.1, -0.05) is 0 Å². The predicted octanol–water partition coefficient (Wildman–Crippen LogP) is -1.05. The topological polar surface area (TPSA) is 250 Å². The van der Waals surface area contributed by atoms with E-state index in [-0.39, 0.29) is 11.9 Å². The van der Waals surface area contributed by atoms with Crippen molar-refractivity contribution in [3.05, 3.63) is 0 Å². The van der Waals surface area contributed by atoms with E-state index < -0.39 is 36.2 Å². The van der Waals surface area contributed by atoms with Gasteiger partial charge in [0.25, 0.3) is 0 Å². The lowest BCUT2D eigenvalue weighted by molar-refractivity contribution is -0.144. The number of ether oxygens (including phenoxy) is 2. The number of aliphatic hydroxyl groups is 3. The van der Waals surface area contributed by atoms with Gasteiger partial charge >= 0.3 is 48.1 Å². The second-order valence-electron chi connectivity index (χ2n) is 11.1. The Morgan fingerprint density at radius 3 is 0.893 bits per heavy atom. The molecule has 56 heavy (non-hydrogen) atoms. The molecule has 0 aromatic heterocycles. The van der Waals surface area contributed by atoms with Crippen LogP contribution in [0.15, 0.2) is 0 Å². The van der Waals surface area contributed by atoms with Crippen molar-refractivity contribution >= 4 is 48.1 Å². The summed E-state index contributed by atoms with van der Waals surface area (Å²) >= 11 is 0. The Kier molecular flexibility index (Phi) is 66.0. The first-order chi connectivity index (χ1) is 26.6. The molecular weight excluding hydrogens is 813 g/mol. The van der Waals surface area contributed by atoms with Crippen LogP contribution in [0.5, 0.6) is 0 Å². The summed E-state index contributed by atoms with van der Waals surface area (Å²) in [6.45, 7) is 5.97. The van der Waals surface area contributed by atoms with Crippen molar-refractivity contribution in [3.8, 4) is 0 Å². The van der Waals surface area contributed by atoms with Crippen LogP contribution in [0.25, 0.3) is 0 Å². The summed E-state index contributed by atoms with van der Waals surface area (Å²) in [5.74, 6) is -0.340. The molecule has 25 heteroatoms. The zero-order valence-electron chi connectivity index (χ0n) is 36.7. The van der Waals surface area contributed by atoms with Gasteiger partial charge in [0.05, 0.1) is 26.1 Å². The normalized spacial score (nSPS) is 10.2. The number of hydrogen-bond acceptors (Lipinski definition) is 21. The lowest BCUT2D eigenvalue weighted by Crippen LogP contribution is -2.42. The van der Waals surface area contributed by atoms with Gasteiger partial charge in [-0.25, -0.2) is 0 Å². The molecule has 0 aliphatic heterocycles. The molecule has 338 valence electrons. The lowest BCUT2D eigenvalue weighted by Gasteiger charge is -2.24. The van der Waals surface area contributed by atoms with Gasteiger partial charge in [-0.15, -0.1) is 0 Å². The maximum absolute atomic E-state index is 11.7. The monoisotopic (exact) mass is 888 g/mol. The fourth-order valence-corrected chi connectivity index (χ4v) is 7.11. The van der Waals surface area contributed by atoms with E-state index >= 15 is 0 Å². The van der Waals surface area contributed by atoms with Crippen LogP contribution in [0.3, 0.4) is 0 Å². The highest BCUT2D eigenvalue weighted by Crippen LogP contribution is 2.16. The van der Waals surface area contributed by atoms with Crippen LogP contribution >= 0.6 is 0 Å². The van der Waals surface area contributed by atoms with Crippen molar-refractivity contribution in [3.63, 3.8) is 0 Å². The first kappa shape index (κ1) is 69.1. The number of likely N-dealkylation sites (N-methyl/N-ethyl adjacent to an activating group) is 4. The van der Waals surface area contributed by atoms with Crippen LogP contribution in [0.1, 0.15) is 25.7 Å². The summed E-state index contributed by atoms with van der Waals surface area (Å²) in [5.41, 5.74) is 0. The third-order valence-corrected chi connectivity index (χ3v) is 12.6. The molecule has 3 N–H and O–H groups in total. The maximum Gasteiger partial charge on any atom is 0.549 e. The van der Waals surface area contributed by atoms with Crippen LogP contribution in [0, 0.1) is 0 Å². The fourth-order valence-electron chi connectivity index (χ4n) is 3.74. The first-order valence-electron chi connectivity index (χ1n) is 17.2. The van der Waals surface area contributed by atoms with Crippen LogP contribution in [-0.4, -0.2) is 242 Å². The molecule has 0 saturated carbocycles. The molecule has 0 aromatic carbocycles. The molecule has 0 saturated heterocycles. The minimum absolute atomic E-state index is 0.170. The molecule has 0 heterocycles. The van der Waals surface area contributed by atoms with E-state index in [0.717, 1.165) is 47.5 Å². The zero-order valence-corrected chi connectivity index (χ0v) is 40.7. The average molecular weight is 889 g/mol. The van der Waals surface area contributed by atoms with E-state index in [9.17, 15) is 9.59 Å². The summed E-state index contributed by atoms with van der Waals surface area (Å²) < 4.78 is 75.9. The Bertz CT molecular complexity index is 814. The van der Waals surface area contributed by atoms with Gasteiger partial charge in [0.2, 0.25) is 0 Å². The zero-order chi connectivity index (χ0) is 45.4. The molecule has 0 unspecified atom stereocenters. The number of carbonyl (C=O) groups excluding carboxylic acids is 2. The fraction of sp³-hybridized carbons (Fsp3) is 0.935. The van der Waals surface area contributed by atoms with E-state index in [2.05, 4.69) is 19.6 Å². The summed E-state index contributed by atoms with van der Waals surface area (Å²) in [7, 11) is 16.7. The molecule has 0 bridgehead atoms. The SMILES string of the molecule is CO.CO.CO.CO[Si](CCCOC(=O)CCN(C)CCN(C)C)(OC)OC.CO[Si](CCCOC(=O)CCN(C)CCN(C)C)(OC)OC.O=[Si]=O.O=[Si]=O. The highest BCUT2D eigenvalue weighted by Gasteiger charge is 2.37. The first-order valence-corrected chi connectivity index (χ1v) is 22.7. The number of hydrogen-bond donors (Lipinski definition) is 3. The van der Waals surface area contributed by atoms with E-state index in [1.807, 2.05) is 42.3 Å². The third kappa shape index (κ3) is 50.5. The number of aliphatic hydroxyl groups excluding tert-OH is 3. The largest absolute Gasteiger partial charge is 0.549 e. The standard InChI is InChI=1S/2C14H32N2O5Si.3CH4O.2O2Si/c2*1-15(2)10-11-16(3)9-8-14(17)21-12-7-13-22(18-4,19-5)20-6;3*1-2;2*1-3-2/h2*7-13H2,1-6H3;3*2H,1H3;;. The number of rotatable bonds is 26. The second kappa shape index (κ2) is 53.5. The molecule has 0 aromatic rings. The molecule has 0 atom stereocenters. The third-order valence-electron chi connectivity index (χ3n) is 6.90.